The lowest BCUT2D eigenvalue weighted by Crippen LogP contribution is -2.46. The zero-order chi connectivity index (χ0) is 8.16. The van der Waals surface area contributed by atoms with Crippen LogP contribution in [-0.4, -0.2) is 23.8 Å². The summed E-state index contributed by atoms with van der Waals surface area (Å²) in [4.78, 5) is 0. The fourth-order valence-corrected chi connectivity index (χ4v) is 1.21. The van der Waals surface area contributed by atoms with Gasteiger partial charge in [-0.1, -0.05) is 5.92 Å². The lowest BCUT2D eigenvalue weighted by molar-refractivity contribution is -0.0304. The fraction of sp³-hybridized carbons (Fsp3) is 0.778. The van der Waals surface area contributed by atoms with Crippen molar-refractivity contribution < 1.29 is 5.11 Å². The number of hydrogen-bond donors (Lipinski definition) is 2. The van der Waals surface area contributed by atoms with Crippen LogP contribution >= 0.6 is 0 Å². The van der Waals surface area contributed by atoms with E-state index in [1.165, 1.54) is 0 Å². The van der Waals surface area contributed by atoms with Gasteiger partial charge in [0.2, 0.25) is 0 Å². The Balaban J connectivity index is 2.05. The molecule has 0 aromatic heterocycles. The third kappa shape index (κ3) is 2.53. The fourth-order valence-electron chi connectivity index (χ4n) is 1.21. The van der Waals surface area contributed by atoms with Crippen molar-refractivity contribution in [2.75, 3.05) is 13.1 Å². The van der Waals surface area contributed by atoms with E-state index in [0.29, 0.717) is 13.1 Å². The van der Waals surface area contributed by atoms with E-state index in [9.17, 15) is 5.11 Å². The molecular weight excluding hydrogens is 138 g/mol. The molecule has 1 fully saturated rings. The monoisotopic (exact) mass is 153 g/mol. The highest BCUT2D eigenvalue weighted by Gasteiger charge is 2.33. The van der Waals surface area contributed by atoms with Crippen LogP contribution in [0.15, 0.2) is 0 Å². The highest BCUT2D eigenvalue weighted by Crippen LogP contribution is 2.30. The molecule has 0 saturated heterocycles. The lowest BCUT2D eigenvalue weighted by Gasteiger charge is -2.36. The van der Waals surface area contributed by atoms with Crippen LogP contribution < -0.4 is 5.32 Å². The second-order valence-electron chi connectivity index (χ2n) is 3.11. The Morgan fingerprint density at radius 1 is 1.55 bits per heavy atom. The number of nitrogens with one attached hydrogen (secondary N) is 1. The molecule has 0 spiro atoms. The number of aliphatic hydroxyl groups is 1. The van der Waals surface area contributed by atoms with E-state index in [0.717, 1.165) is 19.3 Å². The van der Waals surface area contributed by atoms with Crippen molar-refractivity contribution in [1.29, 1.82) is 0 Å². The predicted octanol–water partition coefficient (Wildman–Crippen LogP) is 0.514. The first kappa shape index (κ1) is 8.58. The molecular formula is C9H15NO. The van der Waals surface area contributed by atoms with Crippen molar-refractivity contribution in [3.8, 4) is 11.8 Å². The third-order valence-electron chi connectivity index (χ3n) is 2.13. The molecule has 2 N–H and O–H groups in total. The molecule has 0 bridgehead atoms. The Hall–Kier alpha value is -0.520. The topological polar surface area (TPSA) is 32.3 Å². The van der Waals surface area contributed by atoms with Crippen LogP contribution in [0.4, 0.5) is 0 Å². The first-order valence-electron chi connectivity index (χ1n) is 4.09. The molecule has 0 amide bonds. The maximum Gasteiger partial charge on any atom is 0.0771 e. The van der Waals surface area contributed by atoms with Crippen molar-refractivity contribution in [2.24, 2.45) is 0 Å². The lowest BCUT2D eigenvalue weighted by atomic mass is 9.80. The second-order valence-corrected chi connectivity index (χ2v) is 3.11. The van der Waals surface area contributed by atoms with Crippen molar-refractivity contribution in [3.63, 3.8) is 0 Å². The van der Waals surface area contributed by atoms with E-state index in [-0.39, 0.29) is 0 Å². The molecule has 0 unspecified atom stereocenters. The summed E-state index contributed by atoms with van der Waals surface area (Å²) in [5.74, 6) is 5.69. The number of rotatable bonds is 3. The van der Waals surface area contributed by atoms with E-state index in [4.69, 9.17) is 0 Å². The quantitative estimate of drug-likeness (QED) is 0.457. The maximum absolute atomic E-state index is 9.60. The van der Waals surface area contributed by atoms with Crippen molar-refractivity contribution in [2.45, 2.75) is 31.8 Å². The molecule has 0 atom stereocenters. The Morgan fingerprint density at radius 3 is 2.73 bits per heavy atom. The summed E-state index contributed by atoms with van der Waals surface area (Å²) in [6, 6.07) is 0. The first-order valence-corrected chi connectivity index (χ1v) is 4.09. The molecule has 2 heteroatoms. The minimum atomic E-state index is -0.407. The minimum absolute atomic E-state index is 0.407. The highest BCUT2D eigenvalue weighted by atomic mass is 16.3. The average Bonchev–Trinajstić information content (AvgIpc) is 1.95. The highest BCUT2D eigenvalue weighted by molar-refractivity contribution is 4.98. The van der Waals surface area contributed by atoms with Crippen LogP contribution in [0.25, 0.3) is 0 Å². The maximum atomic E-state index is 9.60. The average molecular weight is 153 g/mol. The molecule has 1 aliphatic carbocycles. The minimum Gasteiger partial charge on any atom is -0.389 e. The second kappa shape index (κ2) is 3.75. The van der Waals surface area contributed by atoms with E-state index in [1.54, 1.807) is 0 Å². The van der Waals surface area contributed by atoms with Gasteiger partial charge in [-0.2, -0.15) is 0 Å². The van der Waals surface area contributed by atoms with Gasteiger partial charge in [0, 0.05) is 6.54 Å². The Kier molecular flexibility index (Phi) is 2.92. The van der Waals surface area contributed by atoms with Gasteiger partial charge in [-0.25, -0.2) is 0 Å². The normalized spacial score (nSPS) is 19.8. The molecule has 0 aliphatic heterocycles. The van der Waals surface area contributed by atoms with Crippen LogP contribution in [0.3, 0.4) is 0 Å². The van der Waals surface area contributed by atoms with Gasteiger partial charge in [0.05, 0.1) is 12.1 Å². The summed E-state index contributed by atoms with van der Waals surface area (Å²) in [7, 11) is 0. The SMILES string of the molecule is CC#CCNCC1(O)CCC1. The van der Waals surface area contributed by atoms with Gasteiger partial charge >= 0.3 is 0 Å². The first-order chi connectivity index (χ1) is 5.27. The van der Waals surface area contributed by atoms with Crippen LogP contribution in [0.1, 0.15) is 26.2 Å². The standard InChI is InChI=1S/C9H15NO/c1-2-3-7-10-8-9(11)5-4-6-9/h10-11H,4-8H2,1H3. The van der Waals surface area contributed by atoms with E-state index in [2.05, 4.69) is 17.2 Å². The molecule has 1 rings (SSSR count). The van der Waals surface area contributed by atoms with Gasteiger partial charge in [0.25, 0.3) is 0 Å². The number of hydrogen-bond acceptors (Lipinski definition) is 2. The Morgan fingerprint density at radius 2 is 2.27 bits per heavy atom. The molecule has 0 aromatic rings. The van der Waals surface area contributed by atoms with Crippen LogP contribution in [-0.2, 0) is 0 Å². The molecule has 1 aliphatic rings. The predicted molar refractivity (Wildman–Crippen MR) is 45.1 cm³/mol. The largest absolute Gasteiger partial charge is 0.389 e. The van der Waals surface area contributed by atoms with E-state index >= 15 is 0 Å². The van der Waals surface area contributed by atoms with Gasteiger partial charge in [-0.3, -0.25) is 0 Å². The Labute approximate surface area is 68.0 Å². The summed E-state index contributed by atoms with van der Waals surface area (Å²) in [5, 5.41) is 12.7. The van der Waals surface area contributed by atoms with E-state index < -0.39 is 5.60 Å². The summed E-state index contributed by atoms with van der Waals surface area (Å²) in [6.07, 6.45) is 3.05. The molecule has 11 heavy (non-hydrogen) atoms. The van der Waals surface area contributed by atoms with Gasteiger partial charge < -0.3 is 10.4 Å². The molecule has 62 valence electrons. The molecule has 0 aromatic carbocycles. The van der Waals surface area contributed by atoms with Gasteiger partial charge in [0.1, 0.15) is 0 Å². The van der Waals surface area contributed by atoms with Gasteiger partial charge in [-0.05, 0) is 26.2 Å². The summed E-state index contributed by atoms with van der Waals surface area (Å²) < 4.78 is 0. The zero-order valence-electron chi connectivity index (χ0n) is 6.98. The molecule has 0 heterocycles. The smallest absolute Gasteiger partial charge is 0.0771 e. The molecule has 0 radical (unpaired) electrons. The van der Waals surface area contributed by atoms with Crippen LogP contribution in [0, 0.1) is 11.8 Å². The molecule has 2 nitrogen and oxygen atoms in total. The van der Waals surface area contributed by atoms with Crippen LogP contribution in [0.2, 0.25) is 0 Å². The molecule has 1 saturated carbocycles. The Bertz CT molecular complexity index is 174. The summed E-state index contributed by atoms with van der Waals surface area (Å²) in [5.41, 5.74) is -0.407. The summed E-state index contributed by atoms with van der Waals surface area (Å²) in [6.45, 7) is 3.21. The van der Waals surface area contributed by atoms with Gasteiger partial charge in [0.15, 0.2) is 0 Å². The summed E-state index contributed by atoms with van der Waals surface area (Å²) >= 11 is 0. The van der Waals surface area contributed by atoms with Crippen LogP contribution in [0.5, 0.6) is 0 Å². The van der Waals surface area contributed by atoms with Crippen molar-refractivity contribution in [1.82, 2.24) is 5.32 Å². The zero-order valence-corrected chi connectivity index (χ0v) is 6.98. The van der Waals surface area contributed by atoms with Gasteiger partial charge in [-0.15, -0.1) is 5.92 Å². The third-order valence-corrected chi connectivity index (χ3v) is 2.13. The van der Waals surface area contributed by atoms with Crippen molar-refractivity contribution >= 4 is 0 Å². The van der Waals surface area contributed by atoms with Crippen molar-refractivity contribution in [3.05, 3.63) is 0 Å². The van der Waals surface area contributed by atoms with E-state index in [1.807, 2.05) is 6.92 Å².